The quantitative estimate of drug-likeness (QED) is 0.871. The summed E-state index contributed by atoms with van der Waals surface area (Å²) >= 11 is 0. The number of hydrogen-bond donors (Lipinski definition) is 2. The molecule has 2 heterocycles. The molecular formula is C14H25N5. The number of aromatic nitrogens is 2. The molecule has 2 atom stereocenters. The maximum Gasteiger partial charge on any atom is 0.134 e. The number of rotatable bonds is 3. The van der Waals surface area contributed by atoms with Crippen molar-refractivity contribution in [3.05, 3.63) is 11.4 Å². The Morgan fingerprint density at radius 3 is 2.79 bits per heavy atom. The van der Waals surface area contributed by atoms with Gasteiger partial charge in [-0.15, -0.1) is 0 Å². The second kappa shape index (κ2) is 5.74. The molecule has 0 spiro atoms. The van der Waals surface area contributed by atoms with Crippen LogP contribution in [0.1, 0.15) is 38.1 Å². The van der Waals surface area contributed by atoms with Crippen LogP contribution in [0.4, 0.5) is 11.6 Å². The highest BCUT2D eigenvalue weighted by Gasteiger charge is 2.23. The highest BCUT2D eigenvalue weighted by Crippen LogP contribution is 2.23. The summed E-state index contributed by atoms with van der Waals surface area (Å²) in [6.07, 6.45) is 3.09. The zero-order valence-electron chi connectivity index (χ0n) is 12.4. The average Bonchev–Trinajstić information content (AvgIpc) is 2.39. The van der Waals surface area contributed by atoms with E-state index in [9.17, 15) is 0 Å². The Morgan fingerprint density at radius 2 is 2.16 bits per heavy atom. The summed E-state index contributed by atoms with van der Waals surface area (Å²) in [5.41, 5.74) is 6.91. The van der Waals surface area contributed by atoms with E-state index in [1.165, 1.54) is 0 Å². The van der Waals surface area contributed by atoms with Gasteiger partial charge in [-0.25, -0.2) is 9.97 Å². The summed E-state index contributed by atoms with van der Waals surface area (Å²) in [6.45, 7) is 7.42. The Labute approximate surface area is 115 Å². The van der Waals surface area contributed by atoms with Crippen molar-refractivity contribution in [1.29, 1.82) is 0 Å². The van der Waals surface area contributed by atoms with E-state index in [-0.39, 0.29) is 0 Å². The normalized spacial score (nSPS) is 24.4. The largest absolute Gasteiger partial charge is 0.383 e. The summed E-state index contributed by atoms with van der Waals surface area (Å²) in [7, 11) is 2.18. The summed E-state index contributed by atoms with van der Waals surface area (Å²) < 4.78 is 0. The summed E-state index contributed by atoms with van der Waals surface area (Å²) in [5.74, 6) is 2.31. The molecule has 1 aliphatic heterocycles. The highest BCUT2D eigenvalue weighted by molar-refractivity contribution is 5.55. The van der Waals surface area contributed by atoms with Gasteiger partial charge in [-0.1, -0.05) is 6.92 Å². The molecule has 5 nitrogen and oxygen atoms in total. The van der Waals surface area contributed by atoms with Gasteiger partial charge in [-0.05, 0) is 33.7 Å². The number of anilines is 2. The van der Waals surface area contributed by atoms with Gasteiger partial charge in [0, 0.05) is 30.6 Å². The maximum absolute atomic E-state index is 5.95. The van der Waals surface area contributed by atoms with Crippen molar-refractivity contribution in [2.75, 3.05) is 24.6 Å². The molecule has 3 N–H and O–H groups in total. The lowest BCUT2D eigenvalue weighted by molar-refractivity contribution is 0.190. The molecule has 1 aliphatic rings. The molecular weight excluding hydrogens is 238 g/mol. The van der Waals surface area contributed by atoms with E-state index < -0.39 is 0 Å². The molecule has 1 saturated heterocycles. The molecule has 0 aromatic carbocycles. The molecule has 0 amide bonds. The fourth-order valence-corrected chi connectivity index (χ4v) is 2.49. The van der Waals surface area contributed by atoms with Crippen LogP contribution in [0.3, 0.4) is 0 Å². The fraction of sp³-hybridized carbons (Fsp3) is 0.714. The number of aryl methyl sites for hydroxylation is 1. The second-order valence-corrected chi connectivity index (χ2v) is 5.55. The van der Waals surface area contributed by atoms with Crippen molar-refractivity contribution in [3.8, 4) is 0 Å². The molecule has 0 bridgehead atoms. The Hall–Kier alpha value is -1.36. The topological polar surface area (TPSA) is 67.1 Å². The molecule has 2 rings (SSSR count). The summed E-state index contributed by atoms with van der Waals surface area (Å²) in [4.78, 5) is 11.3. The minimum absolute atomic E-state index is 0.476. The van der Waals surface area contributed by atoms with Gasteiger partial charge in [0.05, 0.1) is 0 Å². The van der Waals surface area contributed by atoms with E-state index in [1.54, 1.807) is 0 Å². The third-order valence-electron chi connectivity index (χ3n) is 4.10. The highest BCUT2D eigenvalue weighted by atomic mass is 15.2. The van der Waals surface area contributed by atoms with Gasteiger partial charge in [-0.2, -0.15) is 0 Å². The Morgan fingerprint density at radius 1 is 1.42 bits per heavy atom. The van der Waals surface area contributed by atoms with E-state index in [0.717, 1.165) is 43.0 Å². The van der Waals surface area contributed by atoms with Gasteiger partial charge < -0.3 is 16.0 Å². The van der Waals surface area contributed by atoms with Crippen LogP contribution in [0.5, 0.6) is 0 Å². The molecule has 1 aromatic rings. The average molecular weight is 263 g/mol. The van der Waals surface area contributed by atoms with Crippen molar-refractivity contribution < 1.29 is 0 Å². The van der Waals surface area contributed by atoms with E-state index in [0.29, 0.717) is 17.9 Å². The van der Waals surface area contributed by atoms with Crippen molar-refractivity contribution in [2.24, 2.45) is 0 Å². The van der Waals surface area contributed by atoms with Crippen LogP contribution in [0.25, 0.3) is 0 Å². The van der Waals surface area contributed by atoms with Crippen molar-refractivity contribution in [2.45, 2.75) is 52.1 Å². The Balaban J connectivity index is 2.12. The number of nitrogens with one attached hydrogen (secondary N) is 1. The monoisotopic (exact) mass is 263 g/mol. The predicted octanol–water partition coefficient (Wildman–Crippen LogP) is 1.82. The van der Waals surface area contributed by atoms with Gasteiger partial charge in [0.15, 0.2) is 0 Å². The second-order valence-electron chi connectivity index (χ2n) is 5.55. The van der Waals surface area contributed by atoms with Gasteiger partial charge in [-0.3, -0.25) is 0 Å². The maximum atomic E-state index is 5.95. The Bertz CT molecular complexity index is 446. The van der Waals surface area contributed by atoms with Gasteiger partial charge in [0.1, 0.15) is 17.5 Å². The molecule has 1 aromatic heterocycles. The zero-order chi connectivity index (χ0) is 14.0. The number of likely N-dealkylation sites (tertiary alicyclic amines) is 1. The first-order valence-corrected chi connectivity index (χ1v) is 7.11. The van der Waals surface area contributed by atoms with Crippen LogP contribution in [0, 0.1) is 6.92 Å². The minimum atomic E-state index is 0.476. The van der Waals surface area contributed by atoms with E-state index >= 15 is 0 Å². The molecule has 106 valence electrons. The predicted molar refractivity (Wildman–Crippen MR) is 79.3 cm³/mol. The van der Waals surface area contributed by atoms with Crippen LogP contribution in [0.2, 0.25) is 0 Å². The van der Waals surface area contributed by atoms with E-state index in [4.69, 9.17) is 5.73 Å². The first-order valence-electron chi connectivity index (χ1n) is 7.11. The number of nitrogen functional groups attached to an aromatic ring is 1. The van der Waals surface area contributed by atoms with E-state index in [2.05, 4.69) is 34.2 Å². The third-order valence-corrected chi connectivity index (χ3v) is 4.10. The number of nitrogens with two attached hydrogens (primary N) is 1. The lowest BCUT2D eigenvalue weighted by Gasteiger charge is -2.35. The van der Waals surface area contributed by atoms with Gasteiger partial charge in [0.25, 0.3) is 0 Å². The molecule has 2 unspecified atom stereocenters. The van der Waals surface area contributed by atoms with Crippen LogP contribution in [-0.2, 0) is 6.42 Å². The molecule has 0 aliphatic carbocycles. The minimum Gasteiger partial charge on any atom is -0.383 e. The molecule has 1 fully saturated rings. The van der Waals surface area contributed by atoms with E-state index in [1.807, 2.05) is 13.8 Å². The lowest BCUT2D eigenvalue weighted by Crippen LogP contribution is -2.42. The summed E-state index contributed by atoms with van der Waals surface area (Å²) in [6, 6.07) is 1.08. The van der Waals surface area contributed by atoms with Crippen molar-refractivity contribution in [3.63, 3.8) is 0 Å². The van der Waals surface area contributed by atoms with Gasteiger partial charge >= 0.3 is 0 Å². The molecule has 5 heteroatoms. The smallest absolute Gasteiger partial charge is 0.134 e. The van der Waals surface area contributed by atoms with Crippen LogP contribution < -0.4 is 11.1 Å². The molecule has 19 heavy (non-hydrogen) atoms. The summed E-state index contributed by atoms with van der Waals surface area (Å²) in [5, 5.41) is 3.56. The Kier molecular flexibility index (Phi) is 4.24. The third kappa shape index (κ3) is 3.15. The van der Waals surface area contributed by atoms with Crippen LogP contribution in [-0.4, -0.2) is 40.5 Å². The van der Waals surface area contributed by atoms with Crippen molar-refractivity contribution >= 4 is 11.6 Å². The standard InChI is InChI=1S/C14H25N5/c1-5-12-17-13(15)10(3)14(18-12)16-11-6-7-19(4)9(2)8-11/h9,11H,5-8H2,1-4H3,(H3,15,16,17,18). The fourth-order valence-electron chi connectivity index (χ4n) is 2.49. The molecule has 0 saturated carbocycles. The van der Waals surface area contributed by atoms with Crippen LogP contribution in [0.15, 0.2) is 0 Å². The van der Waals surface area contributed by atoms with Gasteiger partial charge in [0.2, 0.25) is 0 Å². The lowest BCUT2D eigenvalue weighted by atomic mass is 9.99. The SMILES string of the molecule is CCc1nc(N)c(C)c(NC2CCN(C)C(C)C2)n1. The molecule has 0 radical (unpaired) electrons. The van der Waals surface area contributed by atoms with Crippen LogP contribution >= 0.6 is 0 Å². The van der Waals surface area contributed by atoms with Crippen molar-refractivity contribution in [1.82, 2.24) is 14.9 Å². The first-order chi connectivity index (χ1) is 9.01. The zero-order valence-corrected chi connectivity index (χ0v) is 12.4. The number of hydrogen-bond acceptors (Lipinski definition) is 5. The first kappa shape index (κ1) is 14.1. The number of nitrogens with zero attached hydrogens (tertiary/aromatic N) is 3. The number of piperidine rings is 1.